The molecule has 0 spiro atoms. The van der Waals surface area contributed by atoms with Gasteiger partial charge in [-0.1, -0.05) is 0 Å². The van der Waals surface area contributed by atoms with E-state index in [1.807, 2.05) is 10.7 Å². The molecule has 0 bridgehead atoms. The lowest BCUT2D eigenvalue weighted by Gasteiger charge is -2.10. The lowest BCUT2D eigenvalue weighted by atomic mass is 10.2. The molecule has 4 heteroatoms. The smallest absolute Gasteiger partial charge is 0.0778 e. The van der Waals surface area contributed by atoms with E-state index in [9.17, 15) is 0 Å². The fraction of sp³-hybridized carbons (Fsp3) is 0.556. The zero-order valence-corrected chi connectivity index (χ0v) is 7.31. The summed E-state index contributed by atoms with van der Waals surface area (Å²) in [6.45, 7) is 1.52. The van der Waals surface area contributed by atoms with Crippen molar-refractivity contribution in [1.29, 1.82) is 5.26 Å². The van der Waals surface area contributed by atoms with Crippen molar-refractivity contribution >= 4 is 0 Å². The van der Waals surface area contributed by atoms with Crippen LogP contribution in [0.3, 0.4) is 0 Å². The van der Waals surface area contributed by atoms with Crippen molar-refractivity contribution in [1.82, 2.24) is 9.78 Å². The van der Waals surface area contributed by atoms with E-state index in [0.29, 0.717) is 12.5 Å². The summed E-state index contributed by atoms with van der Waals surface area (Å²) >= 11 is 0. The van der Waals surface area contributed by atoms with Crippen molar-refractivity contribution in [2.24, 2.45) is 0 Å². The Bertz CT molecular complexity index is 320. The van der Waals surface area contributed by atoms with Gasteiger partial charge in [0.05, 0.1) is 30.8 Å². The third-order valence-electron chi connectivity index (χ3n) is 2.26. The molecule has 1 unspecified atom stereocenters. The Morgan fingerprint density at radius 2 is 2.69 bits per heavy atom. The van der Waals surface area contributed by atoms with Gasteiger partial charge in [-0.15, -0.1) is 0 Å². The SMILES string of the molecule is N#CCc1ccnn1C1CCOC1. The minimum absolute atomic E-state index is 0.332. The second-order valence-corrected chi connectivity index (χ2v) is 3.12. The summed E-state index contributed by atoms with van der Waals surface area (Å²) in [5, 5.41) is 12.8. The molecule has 0 saturated carbocycles. The van der Waals surface area contributed by atoms with E-state index < -0.39 is 0 Å². The number of ether oxygens (including phenoxy) is 1. The number of rotatable bonds is 2. The summed E-state index contributed by atoms with van der Waals surface area (Å²) in [5.74, 6) is 0. The molecule has 13 heavy (non-hydrogen) atoms. The topological polar surface area (TPSA) is 50.8 Å². The van der Waals surface area contributed by atoms with Gasteiger partial charge in [-0.2, -0.15) is 10.4 Å². The predicted molar refractivity (Wildman–Crippen MR) is 46.0 cm³/mol. The standard InChI is InChI=1S/C9H11N3O/c10-4-1-8-2-5-11-12(8)9-3-6-13-7-9/h2,5,9H,1,3,6-7H2. The molecule has 4 nitrogen and oxygen atoms in total. The number of aromatic nitrogens is 2. The molecule has 0 aliphatic carbocycles. The van der Waals surface area contributed by atoms with Crippen molar-refractivity contribution in [2.75, 3.05) is 13.2 Å². The number of hydrogen-bond acceptors (Lipinski definition) is 3. The van der Waals surface area contributed by atoms with Crippen LogP contribution < -0.4 is 0 Å². The average molecular weight is 177 g/mol. The number of hydrogen-bond donors (Lipinski definition) is 0. The highest BCUT2D eigenvalue weighted by Crippen LogP contribution is 2.19. The van der Waals surface area contributed by atoms with E-state index in [2.05, 4.69) is 11.2 Å². The fourth-order valence-electron chi connectivity index (χ4n) is 1.61. The van der Waals surface area contributed by atoms with Crippen molar-refractivity contribution in [3.8, 4) is 6.07 Å². The number of nitriles is 1. The van der Waals surface area contributed by atoms with Crippen LogP contribution in [0.1, 0.15) is 18.2 Å². The van der Waals surface area contributed by atoms with E-state index in [4.69, 9.17) is 10.00 Å². The highest BCUT2D eigenvalue weighted by molar-refractivity contribution is 5.07. The molecule has 0 aromatic carbocycles. The molecule has 0 N–H and O–H groups in total. The molecule has 2 heterocycles. The molecule has 1 saturated heterocycles. The van der Waals surface area contributed by atoms with Gasteiger partial charge < -0.3 is 4.74 Å². The second-order valence-electron chi connectivity index (χ2n) is 3.12. The quantitative estimate of drug-likeness (QED) is 0.674. The molecule has 1 atom stereocenters. The summed E-state index contributed by atoms with van der Waals surface area (Å²) in [7, 11) is 0. The van der Waals surface area contributed by atoms with Crippen LogP contribution in [0, 0.1) is 11.3 Å². The third kappa shape index (κ3) is 1.56. The molecule has 0 radical (unpaired) electrons. The van der Waals surface area contributed by atoms with Crippen LogP contribution >= 0.6 is 0 Å². The van der Waals surface area contributed by atoms with Gasteiger partial charge in [-0.25, -0.2) is 0 Å². The van der Waals surface area contributed by atoms with Crippen molar-refractivity contribution < 1.29 is 4.74 Å². The molecular formula is C9H11N3O. The van der Waals surface area contributed by atoms with E-state index in [-0.39, 0.29) is 0 Å². The summed E-state index contributed by atoms with van der Waals surface area (Å²) in [6, 6.07) is 4.35. The van der Waals surface area contributed by atoms with Gasteiger partial charge in [-0.05, 0) is 12.5 Å². The molecular weight excluding hydrogens is 166 g/mol. The van der Waals surface area contributed by atoms with Crippen LogP contribution in [0.5, 0.6) is 0 Å². The Kier molecular flexibility index (Phi) is 2.28. The monoisotopic (exact) mass is 177 g/mol. The van der Waals surface area contributed by atoms with E-state index in [1.54, 1.807) is 6.20 Å². The largest absolute Gasteiger partial charge is 0.379 e. The van der Waals surface area contributed by atoms with Crippen LogP contribution in [0.25, 0.3) is 0 Å². The Morgan fingerprint density at radius 3 is 3.38 bits per heavy atom. The first kappa shape index (κ1) is 8.27. The van der Waals surface area contributed by atoms with Crippen LogP contribution in [0.15, 0.2) is 12.3 Å². The lowest BCUT2D eigenvalue weighted by molar-refractivity contribution is 0.184. The average Bonchev–Trinajstić information content (AvgIpc) is 2.71. The lowest BCUT2D eigenvalue weighted by Crippen LogP contribution is -2.13. The third-order valence-corrected chi connectivity index (χ3v) is 2.26. The first-order chi connectivity index (χ1) is 6.42. The number of nitrogens with zero attached hydrogens (tertiary/aromatic N) is 3. The van der Waals surface area contributed by atoms with E-state index >= 15 is 0 Å². The molecule has 68 valence electrons. The Morgan fingerprint density at radius 1 is 1.77 bits per heavy atom. The summed E-state index contributed by atoms with van der Waals surface area (Å²) < 4.78 is 7.18. The highest BCUT2D eigenvalue weighted by Gasteiger charge is 2.19. The van der Waals surface area contributed by atoms with Crippen molar-refractivity contribution in [3.05, 3.63) is 18.0 Å². The Labute approximate surface area is 76.7 Å². The van der Waals surface area contributed by atoms with Gasteiger partial charge >= 0.3 is 0 Å². The maximum atomic E-state index is 8.58. The highest BCUT2D eigenvalue weighted by atomic mass is 16.5. The van der Waals surface area contributed by atoms with Crippen LogP contribution in [-0.4, -0.2) is 23.0 Å². The predicted octanol–water partition coefficient (Wildman–Crippen LogP) is 0.911. The van der Waals surface area contributed by atoms with Crippen LogP contribution in [0.4, 0.5) is 0 Å². The zero-order chi connectivity index (χ0) is 9.10. The van der Waals surface area contributed by atoms with Crippen LogP contribution in [-0.2, 0) is 11.2 Å². The van der Waals surface area contributed by atoms with Crippen molar-refractivity contribution in [3.63, 3.8) is 0 Å². The maximum absolute atomic E-state index is 8.58. The molecule has 1 aromatic heterocycles. The van der Waals surface area contributed by atoms with Gasteiger partial charge in [0.25, 0.3) is 0 Å². The van der Waals surface area contributed by atoms with E-state index in [0.717, 1.165) is 25.3 Å². The van der Waals surface area contributed by atoms with Gasteiger partial charge in [0, 0.05) is 12.8 Å². The molecule has 2 rings (SSSR count). The zero-order valence-electron chi connectivity index (χ0n) is 7.31. The van der Waals surface area contributed by atoms with Crippen molar-refractivity contribution in [2.45, 2.75) is 18.9 Å². The summed E-state index contributed by atoms with van der Waals surface area (Å²) in [5.41, 5.74) is 0.984. The molecule has 0 amide bonds. The minimum atomic E-state index is 0.332. The molecule has 1 aromatic rings. The molecule has 1 aliphatic heterocycles. The normalized spacial score (nSPS) is 21.6. The Balaban J connectivity index is 2.19. The molecule has 1 fully saturated rings. The van der Waals surface area contributed by atoms with Gasteiger partial charge in [-0.3, -0.25) is 4.68 Å². The van der Waals surface area contributed by atoms with Gasteiger partial charge in [0.15, 0.2) is 0 Å². The summed E-state index contributed by atoms with van der Waals surface area (Å²) in [6.07, 6.45) is 3.17. The van der Waals surface area contributed by atoms with Crippen LogP contribution in [0.2, 0.25) is 0 Å². The second kappa shape index (κ2) is 3.58. The maximum Gasteiger partial charge on any atom is 0.0778 e. The van der Waals surface area contributed by atoms with Gasteiger partial charge in [0.2, 0.25) is 0 Å². The Hall–Kier alpha value is -1.34. The minimum Gasteiger partial charge on any atom is -0.379 e. The van der Waals surface area contributed by atoms with E-state index in [1.165, 1.54) is 0 Å². The van der Waals surface area contributed by atoms with Gasteiger partial charge in [0.1, 0.15) is 0 Å². The first-order valence-corrected chi connectivity index (χ1v) is 4.39. The molecule has 1 aliphatic rings. The fourth-order valence-corrected chi connectivity index (χ4v) is 1.61. The first-order valence-electron chi connectivity index (χ1n) is 4.39. The summed E-state index contributed by atoms with van der Waals surface area (Å²) in [4.78, 5) is 0.